The van der Waals surface area contributed by atoms with Gasteiger partial charge in [-0.15, -0.1) is 0 Å². The lowest BCUT2D eigenvalue weighted by molar-refractivity contribution is 0.102. The number of nitrogens with one attached hydrogen (secondary N) is 1. The summed E-state index contributed by atoms with van der Waals surface area (Å²) in [6.07, 6.45) is 0. The van der Waals surface area contributed by atoms with E-state index >= 15 is 0 Å². The highest BCUT2D eigenvalue weighted by Gasteiger charge is 2.18. The van der Waals surface area contributed by atoms with E-state index in [0.717, 1.165) is 32.2 Å². The van der Waals surface area contributed by atoms with E-state index < -0.39 is 0 Å². The highest BCUT2D eigenvalue weighted by molar-refractivity contribution is 7.22. The van der Waals surface area contributed by atoms with Gasteiger partial charge < -0.3 is 9.47 Å². The Balaban J connectivity index is 1.59. The number of ether oxygens (including phenoxy) is 2. The minimum atomic E-state index is -0.238. The number of hydrogen-bond acceptors (Lipinski definition) is 6. The van der Waals surface area contributed by atoms with Crippen molar-refractivity contribution < 1.29 is 14.3 Å². The Morgan fingerprint density at radius 3 is 2.58 bits per heavy atom. The number of nitrogens with zero attached hydrogens (tertiary/aromatic N) is 2. The molecule has 1 amide bonds. The standard InChI is InChI=1S/C26H21N3O3S/c1-15-8-11-21-24(12-15)33-26(28-21)29-25(30)19-14-22(27-20-7-5-4-6-17(19)20)18-10-9-16(31-2)13-23(18)32-3/h4-14H,1-3H3,(H,28,29,30). The fourth-order valence-corrected chi connectivity index (χ4v) is 4.72. The molecule has 2 aromatic heterocycles. The highest BCUT2D eigenvalue weighted by Crippen LogP contribution is 2.35. The first-order valence-corrected chi connectivity index (χ1v) is 11.2. The second kappa shape index (κ2) is 8.52. The summed E-state index contributed by atoms with van der Waals surface area (Å²) in [5, 5.41) is 4.30. The first kappa shape index (κ1) is 20.9. The van der Waals surface area contributed by atoms with Crippen LogP contribution in [0.4, 0.5) is 5.13 Å². The van der Waals surface area contributed by atoms with Crippen molar-refractivity contribution in [3.63, 3.8) is 0 Å². The van der Waals surface area contributed by atoms with Crippen LogP contribution in [0.15, 0.2) is 66.7 Å². The van der Waals surface area contributed by atoms with Gasteiger partial charge in [-0.2, -0.15) is 0 Å². The maximum absolute atomic E-state index is 13.4. The van der Waals surface area contributed by atoms with E-state index in [1.165, 1.54) is 11.3 Å². The third-order valence-electron chi connectivity index (χ3n) is 5.41. The van der Waals surface area contributed by atoms with Crippen molar-refractivity contribution in [3.8, 4) is 22.8 Å². The van der Waals surface area contributed by atoms with Gasteiger partial charge in [-0.1, -0.05) is 35.6 Å². The SMILES string of the molecule is COc1ccc(-c2cc(C(=O)Nc3nc4ccc(C)cc4s3)c3ccccc3n2)c(OC)c1. The number of hydrogen-bond donors (Lipinski definition) is 1. The van der Waals surface area contributed by atoms with Crippen LogP contribution in [0.1, 0.15) is 15.9 Å². The van der Waals surface area contributed by atoms with Gasteiger partial charge in [0.25, 0.3) is 5.91 Å². The summed E-state index contributed by atoms with van der Waals surface area (Å²) >= 11 is 1.46. The number of aromatic nitrogens is 2. The summed E-state index contributed by atoms with van der Waals surface area (Å²) in [7, 11) is 3.20. The molecule has 0 unspecified atom stereocenters. The summed E-state index contributed by atoms with van der Waals surface area (Å²) in [6.45, 7) is 2.04. The van der Waals surface area contributed by atoms with Crippen LogP contribution in [0, 0.1) is 6.92 Å². The van der Waals surface area contributed by atoms with E-state index in [-0.39, 0.29) is 5.91 Å². The minimum Gasteiger partial charge on any atom is -0.497 e. The number of aryl methyl sites for hydroxylation is 1. The number of carbonyl (C=O) groups is 1. The molecule has 0 fully saturated rings. The fraction of sp³-hybridized carbons (Fsp3) is 0.115. The monoisotopic (exact) mass is 455 g/mol. The Morgan fingerprint density at radius 1 is 0.909 bits per heavy atom. The number of thiazole rings is 1. The largest absolute Gasteiger partial charge is 0.497 e. The van der Waals surface area contributed by atoms with Gasteiger partial charge in [-0.3, -0.25) is 10.1 Å². The summed E-state index contributed by atoms with van der Waals surface area (Å²) in [5.74, 6) is 1.06. The normalized spacial score (nSPS) is 11.0. The average Bonchev–Trinajstić information content (AvgIpc) is 3.24. The molecule has 5 aromatic rings. The molecule has 0 aliphatic heterocycles. The lowest BCUT2D eigenvalue weighted by Crippen LogP contribution is -2.13. The van der Waals surface area contributed by atoms with E-state index in [9.17, 15) is 4.79 Å². The lowest BCUT2D eigenvalue weighted by atomic mass is 10.0. The van der Waals surface area contributed by atoms with Crippen molar-refractivity contribution in [1.29, 1.82) is 0 Å². The van der Waals surface area contributed by atoms with Crippen LogP contribution in [0.2, 0.25) is 0 Å². The number of benzene rings is 3. The van der Waals surface area contributed by atoms with E-state index in [1.807, 2.05) is 55.5 Å². The van der Waals surface area contributed by atoms with Crippen LogP contribution >= 0.6 is 11.3 Å². The summed E-state index contributed by atoms with van der Waals surface area (Å²) < 4.78 is 11.9. The van der Waals surface area contributed by atoms with Gasteiger partial charge in [0.1, 0.15) is 11.5 Å². The summed E-state index contributed by atoms with van der Waals surface area (Å²) in [4.78, 5) is 22.7. The molecule has 0 aliphatic carbocycles. The van der Waals surface area contributed by atoms with Gasteiger partial charge in [-0.25, -0.2) is 9.97 Å². The molecule has 164 valence electrons. The molecule has 7 heteroatoms. The van der Waals surface area contributed by atoms with Gasteiger partial charge in [-0.05, 0) is 48.9 Å². The quantitative estimate of drug-likeness (QED) is 0.347. The Hall–Kier alpha value is -3.97. The van der Waals surface area contributed by atoms with Crippen molar-refractivity contribution in [1.82, 2.24) is 9.97 Å². The van der Waals surface area contributed by atoms with Crippen LogP contribution in [-0.2, 0) is 0 Å². The molecule has 33 heavy (non-hydrogen) atoms. The molecule has 0 spiro atoms. The van der Waals surface area contributed by atoms with E-state index in [1.54, 1.807) is 26.4 Å². The molecular weight excluding hydrogens is 434 g/mol. The molecule has 6 nitrogen and oxygen atoms in total. The Kier molecular flexibility index (Phi) is 5.40. The third-order valence-corrected chi connectivity index (χ3v) is 6.34. The lowest BCUT2D eigenvalue weighted by Gasteiger charge is -2.13. The topological polar surface area (TPSA) is 73.3 Å². The predicted molar refractivity (Wildman–Crippen MR) is 133 cm³/mol. The van der Waals surface area contributed by atoms with Crippen molar-refractivity contribution in [2.24, 2.45) is 0 Å². The molecule has 3 aromatic carbocycles. The van der Waals surface area contributed by atoms with Crippen molar-refractivity contribution >= 4 is 43.5 Å². The highest BCUT2D eigenvalue weighted by atomic mass is 32.1. The zero-order chi connectivity index (χ0) is 22.9. The molecule has 0 radical (unpaired) electrons. The molecule has 0 saturated carbocycles. The number of methoxy groups -OCH3 is 2. The number of pyridine rings is 1. The maximum atomic E-state index is 13.4. The summed E-state index contributed by atoms with van der Waals surface area (Å²) in [5.41, 5.74) is 4.67. The molecule has 0 bridgehead atoms. The van der Waals surface area contributed by atoms with E-state index in [0.29, 0.717) is 27.9 Å². The first-order valence-electron chi connectivity index (χ1n) is 10.4. The number of amides is 1. The molecule has 0 atom stereocenters. The van der Waals surface area contributed by atoms with Crippen LogP contribution in [0.25, 0.3) is 32.4 Å². The Labute approximate surface area is 194 Å². The molecular formula is C26H21N3O3S. The smallest absolute Gasteiger partial charge is 0.258 e. The van der Waals surface area contributed by atoms with Crippen LogP contribution in [0.3, 0.4) is 0 Å². The zero-order valence-corrected chi connectivity index (χ0v) is 19.2. The number of rotatable bonds is 5. The third kappa shape index (κ3) is 3.99. The number of carbonyl (C=O) groups excluding carboxylic acids is 1. The van der Waals surface area contributed by atoms with Crippen molar-refractivity contribution in [3.05, 3.63) is 77.9 Å². The first-order chi connectivity index (χ1) is 16.1. The number of anilines is 1. The fourth-order valence-electron chi connectivity index (χ4n) is 3.76. The molecule has 1 N–H and O–H groups in total. The van der Waals surface area contributed by atoms with E-state index in [2.05, 4.69) is 16.4 Å². The van der Waals surface area contributed by atoms with E-state index in [4.69, 9.17) is 14.5 Å². The van der Waals surface area contributed by atoms with Crippen molar-refractivity contribution in [2.75, 3.05) is 19.5 Å². The van der Waals surface area contributed by atoms with Crippen molar-refractivity contribution in [2.45, 2.75) is 6.92 Å². The second-order valence-electron chi connectivity index (χ2n) is 7.58. The van der Waals surface area contributed by atoms with Gasteiger partial charge in [0.05, 0.1) is 41.2 Å². The molecule has 0 saturated heterocycles. The van der Waals surface area contributed by atoms with Gasteiger partial charge in [0.2, 0.25) is 0 Å². The summed E-state index contributed by atoms with van der Waals surface area (Å²) in [6, 6.07) is 21.0. The Morgan fingerprint density at radius 2 is 1.76 bits per heavy atom. The molecule has 0 aliphatic rings. The Bertz CT molecular complexity index is 1510. The van der Waals surface area contributed by atoms with Crippen LogP contribution in [0.5, 0.6) is 11.5 Å². The van der Waals surface area contributed by atoms with Crippen LogP contribution in [-0.4, -0.2) is 30.1 Å². The minimum absolute atomic E-state index is 0.238. The molecule has 2 heterocycles. The van der Waals surface area contributed by atoms with Gasteiger partial charge in [0.15, 0.2) is 5.13 Å². The van der Waals surface area contributed by atoms with Crippen LogP contribution < -0.4 is 14.8 Å². The zero-order valence-electron chi connectivity index (χ0n) is 18.4. The predicted octanol–water partition coefficient (Wildman–Crippen LogP) is 6.09. The number of para-hydroxylation sites is 1. The second-order valence-corrected chi connectivity index (χ2v) is 8.61. The van der Waals surface area contributed by atoms with Gasteiger partial charge in [0, 0.05) is 17.0 Å². The maximum Gasteiger partial charge on any atom is 0.258 e. The number of fused-ring (bicyclic) bond motifs is 2. The van der Waals surface area contributed by atoms with Gasteiger partial charge >= 0.3 is 0 Å². The molecule has 5 rings (SSSR count). The average molecular weight is 456 g/mol.